The molecule has 1 fully saturated rings. The van der Waals surface area contributed by atoms with Gasteiger partial charge in [0, 0.05) is 26.7 Å². The van der Waals surface area contributed by atoms with Crippen LogP contribution >= 0.6 is 0 Å². The lowest BCUT2D eigenvalue weighted by molar-refractivity contribution is 0.0876. The van der Waals surface area contributed by atoms with Gasteiger partial charge in [0.15, 0.2) is 0 Å². The SMILES string of the molecule is CN(CC1CCCO1)C(=O)NCC=Cc1ccccc1. The zero-order chi connectivity index (χ0) is 14.2. The molecule has 1 aliphatic heterocycles. The van der Waals surface area contributed by atoms with E-state index in [0.717, 1.165) is 25.0 Å². The van der Waals surface area contributed by atoms with Crippen LogP contribution in [0.5, 0.6) is 0 Å². The fourth-order valence-electron chi connectivity index (χ4n) is 2.22. The van der Waals surface area contributed by atoms with Crippen molar-refractivity contribution in [1.29, 1.82) is 0 Å². The van der Waals surface area contributed by atoms with Gasteiger partial charge in [0.25, 0.3) is 0 Å². The minimum absolute atomic E-state index is 0.0572. The van der Waals surface area contributed by atoms with Crippen LogP contribution in [-0.4, -0.2) is 43.8 Å². The summed E-state index contributed by atoms with van der Waals surface area (Å²) in [6.45, 7) is 2.01. The molecule has 1 heterocycles. The first-order valence-electron chi connectivity index (χ1n) is 7.08. The van der Waals surface area contributed by atoms with E-state index >= 15 is 0 Å². The van der Waals surface area contributed by atoms with Crippen molar-refractivity contribution in [2.24, 2.45) is 0 Å². The van der Waals surface area contributed by atoms with Crippen molar-refractivity contribution in [3.05, 3.63) is 42.0 Å². The van der Waals surface area contributed by atoms with Crippen molar-refractivity contribution in [3.8, 4) is 0 Å². The summed E-state index contributed by atoms with van der Waals surface area (Å²) < 4.78 is 5.52. The zero-order valence-electron chi connectivity index (χ0n) is 11.9. The van der Waals surface area contributed by atoms with Crippen LogP contribution in [0.4, 0.5) is 4.79 Å². The molecule has 20 heavy (non-hydrogen) atoms. The summed E-state index contributed by atoms with van der Waals surface area (Å²) >= 11 is 0. The van der Waals surface area contributed by atoms with Gasteiger partial charge in [0.05, 0.1) is 6.10 Å². The van der Waals surface area contributed by atoms with E-state index < -0.39 is 0 Å². The molecule has 2 amide bonds. The predicted molar refractivity (Wildman–Crippen MR) is 80.5 cm³/mol. The average molecular weight is 274 g/mol. The predicted octanol–water partition coefficient (Wildman–Crippen LogP) is 2.52. The molecule has 0 radical (unpaired) electrons. The molecule has 108 valence electrons. The van der Waals surface area contributed by atoms with Gasteiger partial charge in [-0.3, -0.25) is 0 Å². The Bertz CT molecular complexity index is 439. The molecule has 0 aromatic heterocycles. The molecule has 1 saturated heterocycles. The minimum Gasteiger partial charge on any atom is -0.376 e. The lowest BCUT2D eigenvalue weighted by atomic mass is 10.2. The Morgan fingerprint density at radius 2 is 2.25 bits per heavy atom. The number of carbonyl (C=O) groups is 1. The first-order valence-corrected chi connectivity index (χ1v) is 7.08. The van der Waals surface area contributed by atoms with Crippen molar-refractivity contribution in [1.82, 2.24) is 10.2 Å². The largest absolute Gasteiger partial charge is 0.376 e. The summed E-state index contributed by atoms with van der Waals surface area (Å²) in [6.07, 6.45) is 6.30. The molecule has 1 aromatic rings. The standard InChI is InChI=1S/C16H22N2O2/c1-18(13-15-10-6-12-20-15)16(19)17-11-5-9-14-7-3-2-4-8-14/h2-5,7-9,15H,6,10-13H2,1H3,(H,17,19). The van der Waals surface area contributed by atoms with Gasteiger partial charge in [0.1, 0.15) is 0 Å². The van der Waals surface area contributed by atoms with E-state index in [9.17, 15) is 4.79 Å². The maximum atomic E-state index is 11.9. The number of carbonyl (C=O) groups excluding carboxylic acids is 1. The Kier molecular flexibility index (Phi) is 5.62. The van der Waals surface area contributed by atoms with Gasteiger partial charge in [0.2, 0.25) is 0 Å². The lowest BCUT2D eigenvalue weighted by Crippen LogP contribution is -2.41. The molecule has 0 saturated carbocycles. The van der Waals surface area contributed by atoms with Crippen molar-refractivity contribution in [2.45, 2.75) is 18.9 Å². The molecule has 1 aromatic carbocycles. The highest BCUT2D eigenvalue weighted by Gasteiger charge is 2.19. The molecular weight excluding hydrogens is 252 g/mol. The molecule has 4 heteroatoms. The number of amides is 2. The fourth-order valence-corrected chi connectivity index (χ4v) is 2.22. The van der Waals surface area contributed by atoms with E-state index in [1.165, 1.54) is 0 Å². The molecule has 1 N–H and O–H groups in total. The molecule has 1 unspecified atom stereocenters. The monoisotopic (exact) mass is 274 g/mol. The maximum Gasteiger partial charge on any atom is 0.317 e. The summed E-state index contributed by atoms with van der Waals surface area (Å²) in [5.41, 5.74) is 1.13. The number of nitrogens with one attached hydrogen (secondary N) is 1. The third-order valence-electron chi connectivity index (χ3n) is 3.33. The van der Waals surface area contributed by atoms with Gasteiger partial charge in [-0.2, -0.15) is 0 Å². The Labute approximate surface area is 120 Å². The highest BCUT2D eigenvalue weighted by atomic mass is 16.5. The van der Waals surface area contributed by atoms with E-state index in [0.29, 0.717) is 13.1 Å². The Morgan fingerprint density at radius 3 is 2.95 bits per heavy atom. The van der Waals surface area contributed by atoms with Gasteiger partial charge in [-0.1, -0.05) is 42.5 Å². The minimum atomic E-state index is -0.0572. The highest BCUT2D eigenvalue weighted by Crippen LogP contribution is 2.12. The van der Waals surface area contributed by atoms with E-state index in [4.69, 9.17) is 4.74 Å². The quantitative estimate of drug-likeness (QED) is 0.896. The van der Waals surface area contributed by atoms with Crippen molar-refractivity contribution < 1.29 is 9.53 Å². The third kappa shape index (κ3) is 4.70. The second-order valence-corrected chi connectivity index (χ2v) is 5.01. The van der Waals surface area contributed by atoms with Crippen LogP contribution in [-0.2, 0) is 4.74 Å². The average Bonchev–Trinajstić information content (AvgIpc) is 2.97. The maximum absolute atomic E-state index is 11.9. The second-order valence-electron chi connectivity index (χ2n) is 5.01. The van der Waals surface area contributed by atoms with E-state index in [1.54, 1.807) is 11.9 Å². The number of hydrogen-bond acceptors (Lipinski definition) is 2. The Morgan fingerprint density at radius 1 is 1.45 bits per heavy atom. The van der Waals surface area contributed by atoms with Crippen LogP contribution in [0.2, 0.25) is 0 Å². The third-order valence-corrected chi connectivity index (χ3v) is 3.33. The van der Waals surface area contributed by atoms with Crippen LogP contribution in [0, 0.1) is 0 Å². The first kappa shape index (κ1) is 14.6. The summed E-state index contributed by atoms with van der Waals surface area (Å²) in [4.78, 5) is 13.6. The molecule has 0 aliphatic carbocycles. The number of ether oxygens (including phenoxy) is 1. The topological polar surface area (TPSA) is 41.6 Å². The lowest BCUT2D eigenvalue weighted by Gasteiger charge is -2.20. The summed E-state index contributed by atoms with van der Waals surface area (Å²) in [7, 11) is 1.80. The smallest absolute Gasteiger partial charge is 0.317 e. The molecule has 0 spiro atoms. The van der Waals surface area contributed by atoms with Crippen molar-refractivity contribution >= 4 is 12.1 Å². The number of nitrogens with zero attached hydrogens (tertiary/aromatic N) is 1. The molecule has 2 rings (SSSR count). The van der Waals surface area contributed by atoms with E-state index in [-0.39, 0.29) is 12.1 Å². The number of urea groups is 1. The fraction of sp³-hybridized carbons (Fsp3) is 0.438. The van der Waals surface area contributed by atoms with E-state index in [1.807, 2.05) is 42.5 Å². The van der Waals surface area contributed by atoms with Gasteiger partial charge in [-0.15, -0.1) is 0 Å². The summed E-state index contributed by atoms with van der Waals surface area (Å²) in [5.74, 6) is 0. The van der Waals surface area contributed by atoms with Crippen molar-refractivity contribution in [3.63, 3.8) is 0 Å². The molecule has 1 atom stereocenters. The van der Waals surface area contributed by atoms with Crippen LogP contribution in [0.25, 0.3) is 6.08 Å². The van der Waals surface area contributed by atoms with Gasteiger partial charge in [-0.05, 0) is 18.4 Å². The second kappa shape index (κ2) is 7.70. The van der Waals surface area contributed by atoms with E-state index in [2.05, 4.69) is 5.32 Å². The molecular formula is C16H22N2O2. The van der Waals surface area contributed by atoms with Gasteiger partial charge in [-0.25, -0.2) is 4.79 Å². The Balaban J connectivity index is 1.67. The van der Waals surface area contributed by atoms with Gasteiger partial charge >= 0.3 is 6.03 Å². The number of rotatable bonds is 5. The normalized spacial score (nSPS) is 18.4. The van der Waals surface area contributed by atoms with Gasteiger partial charge < -0.3 is 15.0 Å². The van der Waals surface area contributed by atoms with Crippen LogP contribution < -0.4 is 5.32 Å². The number of hydrogen-bond donors (Lipinski definition) is 1. The number of likely N-dealkylation sites (N-methyl/N-ethyl adjacent to an activating group) is 1. The highest BCUT2D eigenvalue weighted by molar-refractivity contribution is 5.74. The summed E-state index contributed by atoms with van der Waals surface area (Å²) in [6, 6.07) is 9.97. The Hall–Kier alpha value is -1.81. The zero-order valence-corrected chi connectivity index (χ0v) is 11.9. The number of benzene rings is 1. The molecule has 1 aliphatic rings. The molecule has 0 bridgehead atoms. The first-order chi connectivity index (χ1) is 9.75. The summed E-state index contributed by atoms with van der Waals surface area (Å²) in [5, 5.41) is 2.87. The van der Waals surface area contributed by atoms with Crippen molar-refractivity contribution in [2.75, 3.05) is 26.7 Å². The van der Waals surface area contributed by atoms with Crippen LogP contribution in [0.3, 0.4) is 0 Å². The molecule has 4 nitrogen and oxygen atoms in total. The van der Waals surface area contributed by atoms with Crippen LogP contribution in [0.1, 0.15) is 18.4 Å². The van der Waals surface area contributed by atoms with Crippen LogP contribution in [0.15, 0.2) is 36.4 Å².